The Morgan fingerprint density at radius 2 is 2.07 bits per heavy atom. The van der Waals surface area contributed by atoms with E-state index in [1.807, 2.05) is 0 Å². The number of amides is 2. The van der Waals surface area contributed by atoms with Gasteiger partial charge in [-0.25, -0.2) is 4.39 Å². The van der Waals surface area contributed by atoms with Crippen molar-refractivity contribution in [3.63, 3.8) is 0 Å². The van der Waals surface area contributed by atoms with E-state index in [0.717, 1.165) is 6.29 Å². The summed E-state index contributed by atoms with van der Waals surface area (Å²) in [4.78, 5) is 37.3. The summed E-state index contributed by atoms with van der Waals surface area (Å²) in [5.74, 6) is -0.494. The zero-order valence-corrected chi connectivity index (χ0v) is 15.5. The Kier molecular flexibility index (Phi) is 6.03. The van der Waals surface area contributed by atoms with Crippen molar-refractivity contribution < 1.29 is 23.5 Å². The maximum atomic E-state index is 13.8. The van der Waals surface area contributed by atoms with Crippen LogP contribution in [0.3, 0.4) is 0 Å². The molecule has 2 aromatic rings. The summed E-state index contributed by atoms with van der Waals surface area (Å²) in [6.45, 7) is 0.222. The minimum Gasteiger partial charge on any atom is -0.488 e. The molecule has 1 atom stereocenters. The van der Waals surface area contributed by atoms with Gasteiger partial charge in [0.15, 0.2) is 0 Å². The van der Waals surface area contributed by atoms with E-state index in [9.17, 15) is 18.8 Å². The zero-order chi connectivity index (χ0) is 20.1. The molecule has 0 saturated carbocycles. The minimum atomic E-state index is -0.741. The predicted octanol–water partition coefficient (Wildman–Crippen LogP) is 2.45. The number of benzene rings is 2. The first-order chi connectivity index (χ1) is 13.6. The molecule has 7 heteroatoms. The third-order valence-corrected chi connectivity index (χ3v) is 4.78. The van der Waals surface area contributed by atoms with Crippen LogP contribution in [0.4, 0.5) is 4.39 Å². The Balaban J connectivity index is 1.82. The Labute approximate surface area is 162 Å². The molecular weight excluding hydrogens is 363 g/mol. The van der Waals surface area contributed by atoms with E-state index < -0.39 is 6.04 Å². The normalized spacial score (nSPS) is 13.8. The van der Waals surface area contributed by atoms with Gasteiger partial charge >= 0.3 is 0 Å². The molecule has 0 radical (unpaired) electrons. The van der Waals surface area contributed by atoms with Crippen LogP contribution < -0.4 is 10.1 Å². The average Bonchev–Trinajstić information content (AvgIpc) is 3.04. The number of ether oxygens (including phenoxy) is 1. The number of aldehydes is 1. The average molecular weight is 384 g/mol. The van der Waals surface area contributed by atoms with Gasteiger partial charge in [-0.05, 0) is 24.6 Å². The molecule has 1 aliphatic heterocycles. The minimum absolute atomic E-state index is 0.0291. The summed E-state index contributed by atoms with van der Waals surface area (Å²) in [5.41, 5.74) is 1.52. The molecule has 0 saturated heterocycles. The smallest absolute Gasteiger partial charge is 0.255 e. The number of nitrogens with zero attached hydrogens (tertiary/aromatic N) is 1. The van der Waals surface area contributed by atoms with Gasteiger partial charge in [-0.1, -0.05) is 24.3 Å². The molecule has 28 heavy (non-hydrogen) atoms. The molecule has 0 aromatic heterocycles. The van der Waals surface area contributed by atoms with Crippen LogP contribution in [0.15, 0.2) is 42.5 Å². The summed E-state index contributed by atoms with van der Waals surface area (Å²) < 4.78 is 19.6. The summed E-state index contributed by atoms with van der Waals surface area (Å²) in [6.07, 6.45) is 1.15. The van der Waals surface area contributed by atoms with Crippen molar-refractivity contribution in [1.82, 2.24) is 10.2 Å². The van der Waals surface area contributed by atoms with Gasteiger partial charge in [-0.15, -0.1) is 0 Å². The van der Waals surface area contributed by atoms with E-state index in [1.165, 1.54) is 18.0 Å². The number of nitrogens with one attached hydrogen (secondary N) is 1. The number of likely N-dealkylation sites (N-methyl/N-ethyl adjacent to an activating group) is 1. The quantitative estimate of drug-likeness (QED) is 0.710. The molecule has 146 valence electrons. The Morgan fingerprint density at radius 1 is 1.29 bits per heavy atom. The van der Waals surface area contributed by atoms with Crippen LogP contribution in [0.25, 0.3) is 0 Å². The molecule has 3 rings (SSSR count). The lowest BCUT2D eigenvalue weighted by atomic mass is 10.1. The fraction of sp³-hybridized carbons (Fsp3) is 0.286. The van der Waals surface area contributed by atoms with E-state index in [1.54, 1.807) is 36.4 Å². The van der Waals surface area contributed by atoms with Gasteiger partial charge in [0.2, 0.25) is 5.91 Å². The van der Waals surface area contributed by atoms with Gasteiger partial charge in [0.05, 0.1) is 6.54 Å². The van der Waals surface area contributed by atoms with E-state index in [0.29, 0.717) is 22.4 Å². The van der Waals surface area contributed by atoms with Crippen molar-refractivity contribution >= 4 is 18.1 Å². The van der Waals surface area contributed by atoms with Crippen LogP contribution in [0.1, 0.15) is 34.3 Å². The number of hydrogen-bond donors (Lipinski definition) is 1. The monoisotopic (exact) mass is 384 g/mol. The highest BCUT2D eigenvalue weighted by atomic mass is 19.1. The molecule has 0 spiro atoms. The number of carbonyl (C=O) groups excluding carboxylic acids is 3. The second-order valence-electron chi connectivity index (χ2n) is 6.47. The first-order valence-corrected chi connectivity index (χ1v) is 9.01. The summed E-state index contributed by atoms with van der Waals surface area (Å²) in [7, 11) is 1.49. The van der Waals surface area contributed by atoms with Crippen LogP contribution in [0.2, 0.25) is 0 Å². The van der Waals surface area contributed by atoms with Crippen LogP contribution in [0.5, 0.6) is 5.75 Å². The van der Waals surface area contributed by atoms with Crippen molar-refractivity contribution in [1.29, 1.82) is 0 Å². The molecule has 2 amide bonds. The fourth-order valence-corrected chi connectivity index (χ4v) is 3.30. The number of carbonyl (C=O) groups is 3. The van der Waals surface area contributed by atoms with Crippen LogP contribution >= 0.6 is 0 Å². The molecule has 0 fully saturated rings. The van der Waals surface area contributed by atoms with E-state index >= 15 is 0 Å². The highest BCUT2D eigenvalue weighted by Crippen LogP contribution is 2.33. The first-order valence-electron chi connectivity index (χ1n) is 9.01. The van der Waals surface area contributed by atoms with Crippen LogP contribution in [-0.4, -0.2) is 36.1 Å². The van der Waals surface area contributed by atoms with Crippen LogP contribution in [0, 0.1) is 5.82 Å². The Hall–Kier alpha value is -3.22. The second kappa shape index (κ2) is 8.65. The SMILES string of the molecule is CNC(=O)C(CCC=O)N1Cc2c(OCc3ccccc3F)cccc2C1=O. The maximum Gasteiger partial charge on any atom is 0.255 e. The highest BCUT2D eigenvalue weighted by molar-refractivity contribution is 6.01. The molecule has 2 aromatic carbocycles. The molecule has 1 unspecified atom stereocenters. The maximum absolute atomic E-state index is 13.8. The molecule has 6 nitrogen and oxygen atoms in total. The Bertz CT molecular complexity index is 900. The van der Waals surface area contributed by atoms with Crippen molar-refractivity contribution in [2.75, 3.05) is 7.05 Å². The number of fused-ring (bicyclic) bond motifs is 1. The number of rotatable bonds is 8. The van der Waals surface area contributed by atoms with Gasteiger partial charge in [0.1, 0.15) is 30.5 Å². The lowest BCUT2D eigenvalue weighted by Gasteiger charge is -2.25. The van der Waals surface area contributed by atoms with Gasteiger partial charge in [0, 0.05) is 30.2 Å². The van der Waals surface area contributed by atoms with Crippen molar-refractivity contribution in [2.45, 2.75) is 32.0 Å². The zero-order valence-electron chi connectivity index (χ0n) is 15.5. The largest absolute Gasteiger partial charge is 0.488 e. The van der Waals surface area contributed by atoms with Gasteiger partial charge in [0.25, 0.3) is 5.91 Å². The van der Waals surface area contributed by atoms with Crippen LogP contribution in [-0.2, 0) is 22.7 Å². The molecular formula is C21H21FN2O4. The standard InChI is InChI=1S/C21H21FN2O4/c1-23-20(26)18(9-5-11-25)24-12-16-15(21(24)27)7-4-10-19(16)28-13-14-6-2-3-8-17(14)22/h2-4,6-8,10-11,18H,5,9,12-13H2,1H3,(H,23,26). The lowest BCUT2D eigenvalue weighted by molar-refractivity contribution is -0.125. The second-order valence-corrected chi connectivity index (χ2v) is 6.47. The third-order valence-electron chi connectivity index (χ3n) is 4.78. The highest BCUT2D eigenvalue weighted by Gasteiger charge is 2.37. The van der Waals surface area contributed by atoms with E-state index in [4.69, 9.17) is 4.74 Å². The van der Waals surface area contributed by atoms with E-state index in [-0.39, 0.29) is 43.6 Å². The third kappa shape index (κ3) is 3.88. The molecule has 0 bridgehead atoms. The predicted molar refractivity (Wildman–Crippen MR) is 100 cm³/mol. The van der Waals surface area contributed by atoms with Gasteiger partial charge in [-0.3, -0.25) is 9.59 Å². The fourth-order valence-electron chi connectivity index (χ4n) is 3.30. The van der Waals surface area contributed by atoms with Crippen molar-refractivity contribution in [3.8, 4) is 5.75 Å². The summed E-state index contributed by atoms with van der Waals surface area (Å²) in [6, 6.07) is 10.7. The number of hydrogen-bond acceptors (Lipinski definition) is 4. The van der Waals surface area contributed by atoms with Crippen molar-refractivity contribution in [3.05, 3.63) is 65.0 Å². The first kappa shape index (κ1) is 19.5. The Morgan fingerprint density at radius 3 is 2.79 bits per heavy atom. The van der Waals surface area contributed by atoms with Gasteiger partial charge < -0.3 is 19.7 Å². The molecule has 1 N–H and O–H groups in total. The number of halogens is 1. The lowest BCUT2D eigenvalue weighted by Crippen LogP contribution is -2.46. The molecule has 1 aliphatic rings. The van der Waals surface area contributed by atoms with Gasteiger partial charge in [-0.2, -0.15) is 0 Å². The topological polar surface area (TPSA) is 75.7 Å². The summed E-state index contributed by atoms with van der Waals surface area (Å²) in [5, 5.41) is 2.54. The van der Waals surface area contributed by atoms with Crippen molar-refractivity contribution in [2.24, 2.45) is 0 Å². The molecule has 0 aliphatic carbocycles. The molecule has 1 heterocycles. The van der Waals surface area contributed by atoms with E-state index in [2.05, 4.69) is 5.32 Å². The summed E-state index contributed by atoms with van der Waals surface area (Å²) >= 11 is 0.